The van der Waals surface area contributed by atoms with Crippen molar-refractivity contribution in [3.8, 4) is 5.75 Å². The van der Waals surface area contributed by atoms with Crippen molar-refractivity contribution in [3.05, 3.63) is 59.1 Å². The third-order valence-corrected chi connectivity index (χ3v) is 4.53. The average molecular weight is 397 g/mol. The lowest BCUT2D eigenvalue weighted by molar-refractivity contribution is -0.133. The molecule has 0 bridgehead atoms. The van der Waals surface area contributed by atoms with Crippen LogP contribution in [0.15, 0.2) is 57.7 Å². The highest BCUT2D eigenvalue weighted by atomic mass is 16.5. The molecule has 1 heterocycles. The van der Waals surface area contributed by atoms with E-state index in [0.29, 0.717) is 35.5 Å². The van der Waals surface area contributed by atoms with Crippen LogP contribution < -0.4 is 15.8 Å². The summed E-state index contributed by atoms with van der Waals surface area (Å²) in [5.74, 6) is -0.204. The summed E-state index contributed by atoms with van der Waals surface area (Å²) in [4.78, 5) is 37.8. The van der Waals surface area contributed by atoms with E-state index in [4.69, 9.17) is 9.15 Å². The highest BCUT2D eigenvalue weighted by Crippen LogP contribution is 2.15. The summed E-state index contributed by atoms with van der Waals surface area (Å²) in [6, 6.07) is 14.1. The van der Waals surface area contributed by atoms with Gasteiger partial charge in [-0.2, -0.15) is 0 Å². The number of aromatic nitrogens is 1. The van der Waals surface area contributed by atoms with Crippen molar-refractivity contribution >= 4 is 28.6 Å². The molecule has 0 aliphatic heterocycles. The second-order valence-corrected chi connectivity index (χ2v) is 6.62. The van der Waals surface area contributed by atoms with E-state index in [2.05, 4.69) is 5.32 Å². The lowest BCUT2D eigenvalue weighted by Gasteiger charge is -2.17. The molecule has 0 unspecified atom stereocenters. The van der Waals surface area contributed by atoms with Gasteiger partial charge < -0.3 is 19.4 Å². The molecule has 2 amide bonds. The van der Waals surface area contributed by atoms with Crippen molar-refractivity contribution in [1.29, 1.82) is 0 Å². The number of amides is 2. The Morgan fingerprint density at radius 2 is 1.86 bits per heavy atom. The van der Waals surface area contributed by atoms with Crippen LogP contribution in [-0.4, -0.2) is 42.0 Å². The van der Waals surface area contributed by atoms with Crippen molar-refractivity contribution in [2.75, 3.05) is 26.0 Å². The molecule has 8 nitrogen and oxygen atoms in total. The molecule has 0 radical (unpaired) electrons. The molecule has 0 aliphatic rings. The molecule has 0 spiro atoms. The molecule has 1 aromatic heterocycles. The molecule has 0 saturated carbocycles. The second-order valence-electron chi connectivity index (χ2n) is 6.62. The van der Waals surface area contributed by atoms with E-state index in [-0.39, 0.29) is 24.8 Å². The van der Waals surface area contributed by atoms with Crippen LogP contribution in [0.1, 0.15) is 12.8 Å². The molecule has 8 heteroatoms. The van der Waals surface area contributed by atoms with Gasteiger partial charge in [-0.1, -0.05) is 12.1 Å². The van der Waals surface area contributed by atoms with Crippen molar-refractivity contribution in [3.63, 3.8) is 0 Å². The molecule has 0 saturated heterocycles. The minimum absolute atomic E-state index is 0.0561. The number of nitrogens with one attached hydrogen (secondary N) is 1. The first kappa shape index (κ1) is 20.2. The summed E-state index contributed by atoms with van der Waals surface area (Å²) in [5, 5.41) is 2.74. The number of oxazole rings is 1. The van der Waals surface area contributed by atoms with E-state index >= 15 is 0 Å². The minimum Gasteiger partial charge on any atom is -0.497 e. The zero-order valence-corrected chi connectivity index (χ0v) is 16.4. The maximum absolute atomic E-state index is 12.3. The summed E-state index contributed by atoms with van der Waals surface area (Å²) in [5.41, 5.74) is 1.86. The standard InChI is InChI=1S/C21H23N3O5/c1-23(14-19(25)22-15-9-11-16(28-2)12-10-15)20(26)8-5-13-24-17-6-3-4-7-18(17)29-21(24)27/h3-4,6-7,9-12H,5,8,13-14H2,1-2H3,(H,22,25). The summed E-state index contributed by atoms with van der Waals surface area (Å²) < 4.78 is 11.8. The highest BCUT2D eigenvalue weighted by Gasteiger charge is 2.14. The number of carbonyl (C=O) groups excluding carboxylic acids is 2. The first-order valence-electron chi connectivity index (χ1n) is 9.24. The normalized spacial score (nSPS) is 10.7. The molecule has 29 heavy (non-hydrogen) atoms. The predicted molar refractivity (Wildman–Crippen MR) is 109 cm³/mol. The number of anilines is 1. The Kier molecular flexibility index (Phi) is 6.33. The second kappa shape index (κ2) is 9.09. The van der Waals surface area contributed by atoms with Crippen molar-refractivity contribution < 1.29 is 18.7 Å². The number of ether oxygens (including phenoxy) is 1. The van der Waals surface area contributed by atoms with Crippen molar-refractivity contribution in [2.45, 2.75) is 19.4 Å². The molecule has 152 valence electrons. The molecular formula is C21H23N3O5. The summed E-state index contributed by atoms with van der Waals surface area (Å²) in [7, 11) is 3.15. The molecule has 0 atom stereocenters. The maximum atomic E-state index is 12.3. The third kappa shape index (κ3) is 5.04. The molecular weight excluding hydrogens is 374 g/mol. The van der Waals surface area contributed by atoms with Crippen LogP contribution in [0.3, 0.4) is 0 Å². The molecule has 3 aromatic rings. The quantitative estimate of drug-likeness (QED) is 0.630. The number of rotatable bonds is 8. The number of likely N-dealkylation sites (N-methyl/N-ethyl adjacent to an activating group) is 1. The molecule has 3 rings (SSSR count). The van der Waals surface area contributed by atoms with Crippen LogP contribution in [0.5, 0.6) is 5.75 Å². The fraction of sp³-hybridized carbons (Fsp3) is 0.286. The van der Waals surface area contributed by atoms with Gasteiger partial charge in [0.25, 0.3) is 0 Å². The Morgan fingerprint density at radius 1 is 1.14 bits per heavy atom. The summed E-state index contributed by atoms with van der Waals surface area (Å²) in [6.07, 6.45) is 0.685. The van der Waals surface area contributed by atoms with E-state index in [1.807, 2.05) is 6.07 Å². The van der Waals surface area contributed by atoms with Crippen LogP contribution in [0.2, 0.25) is 0 Å². The van der Waals surface area contributed by atoms with E-state index in [1.165, 1.54) is 9.47 Å². The number of methoxy groups -OCH3 is 1. The lowest BCUT2D eigenvalue weighted by atomic mass is 10.2. The Bertz CT molecular complexity index is 1050. The van der Waals surface area contributed by atoms with Gasteiger partial charge in [-0.15, -0.1) is 0 Å². The van der Waals surface area contributed by atoms with Gasteiger partial charge in [-0.25, -0.2) is 4.79 Å². The van der Waals surface area contributed by atoms with E-state index < -0.39 is 5.76 Å². The molecule has 0 aliphatic carbocycles. The van der Waals surface area contributed by atoms with Gasteiger partial charge in [0.2, 0.25) is 11.8 Å². The van der Waals surface area contributed by atoms with Crippen LogP contribution in [-0.2, 0) is 16.1 Å². The molecule has 0 fully saturated rings. The summed E-state index contributed by atoms with van der Waals surface area (Å²) >= 11 is 0. The Labute approximate surface area is 167 Å². The van der Waals surface area contributed by atoms with Gasteiger partial charge in [0.05, 0.1) is 19.2 Å². The minimum atomic E-state index is -0.439. The fourth-order valence-corrected chi connectivity index (χ4v) is 2.98. The van der Waals surface area contributed by atoms with E-state index in [0.717, 1.165) is 0 Å². The topological polar surface area (TPSA) is 93.8 Å². The SMILES string of the molecule is COc1ccc(NC(=O)CN(C)C(=O)CCCn2c(=O)oc3ccccc32)cc1. The number of benzene rings is 2. The number of hydrogen-bond acceptors (Lipinski definition) is 5. The van der Waals surface area contributed by atoms with Gasteiger partial charge in [-0.05, 0) is 42.8 Å². The monoisotopic (exact) mass is 397 g/mol. The third-order valence-electron chi connectivity index (χ3n) is 4.53. The lowest BCUT2D eigenvalue weighted by Crippen LogP contribution is -2.35. The van der Waals surface area contributed by atoms with Crippen LogP contribution in [0.25, 0.3) is 11.1 Å². The highest BCUT2D eigenvalue weighted by molar-refractivity contribution is 5.94. The number of nitrogens with zero attached hydrogens (tertiary/aromatic N) is 2. The van der Waals surface area contributed by atoms with Crippen LogP contribution in [0, 0.1) is 0 Å². The number of para-hydroxylation sites is 2. The van der Waals surface area contributed by atoms with Gasteiger partial charge in [-0.3, -0.25) is 14.2 Å². The van der Waals surface area contributed by atoms with Crippen LogP contribution >= 0.6 is 0 Å². The van der Waals surface area contributed by atoms with Crippen molar-refractivity contribution in [2.24, 2.45) is 0 Å². The van der Waals surface area contributed by atoms with Gasteiger partial charge in [0.15, 0.2) is 5.58 Å². The van der Waals surface area contributed by atoms with E-state index in [9.17, 15) is 14.4 Å². The zero-order chi connectivity index (χ0) is 20.8. The van der Waals surface area contributed by atoms with Gasteiger partial charge in [0.1, 0.15) is 5.75 Å². The fourth-order valence-electron chi connectivity index (χ4n) is 2.98. The first-order chi connectivity index (χ1) is 14.0. The largest absolute Gasteiger partial charge is 0.497 e. The molecule has 2 aromatic carbocycles. The predicted octanol–water partition coefficient (Wildman–Crippen LogP) is 2.48. The number of fused-ring (bicyclic) bond motifs is 1. The van der Waals surface area contributed by atoms with Crippen molar-refractivity contribution in [1.82, 2.24) is 9.47 Å². The maximum Gasteiger partial charge on any atom is 0.419 e. The number of hydrogen-bond donors (Lipinski definition) is 1. The Hall–Kier alpha value is -3.55. The number of carbonyl (C=O) groups is 2. The zero-order valence-electron chi connectivity index (χ0n) is 16.4. The Morgan fingerprint density at radius 3 is 2.59 bits per heavy atom. The number of aryl methyl sites for hydroxylation is 1. The first-order valence-corrected chi connectivity index (χ1v) is 9.24. The smallest absolute Gasteiger partial charge is 0.419 e. The average Bonchev–Trinajstić information content (AvgIpc) is 3.03. The molecule has 1 N–H and O–H groups in total. The van der Waals surface area contributed by atoms with Gasteiger partial charge >= 0.3 is 5.76 Å². The van der Waals surface area contributed by atoms with Crippen LogP contribution in [0.4, 0.5) is 5.69 Å². The van der Waals surface area contributed by atoms with Gasteiger partial charge in [0, 0.05) is 25.7 Å². The summed E-state index contributed by atoms with van der Waals surface area (Å²) in [6.45, 7) is 0.312. The Balaban J connectivity index is 1.47. The van der Waals surface area contributed by atoms with E-state index in [1.54, 1.807) is 56.6 Å².